The van der Waals surface area contributed by atoms with Crippen LogP contribution in [0.2, 0.25) is 0 Å². The van der Waals surface area contributed by atoms with E-state index in [9.17, 15) is 4.79 Å². The van der Waals surface area contributed by atoms with E-state index in [0.29, 0.717) is 6.42 Å². The van der Waals surface area contributed by atoms with Gasteiger partial charge in [0, 0.05) is 9.75 Å². The Morgan fingerprint density at radius 3 is 3.00 bits per heavy atom. The van der Waals surface area contributed by atoms with Gasteiger partial charge in [0.2, 0.25) is 0 Å². The summed E-state index contributed by atoms with van der Waals surface area (Å²) in [5, 5.41) is 10.1. The lowest BCUT2D eigenvalue weighted by Gasteiger charge is -2.00. The maximum atomic E-state index is 11.1. The molecule has 1 N–H and O–H groups in total. The second-order valence-corrected chi connectivity index (χ2v) is 6.63. The molecule has 5 heteroatoms. The van der Waals surface area contributed by atoms with Crippen molar-refractivity contribution in [3.8, 4) is 9.88 Å². The first-order chi connectivity index (χ1) is 8.69. The number of aryl methyl sites for hydroxylation is 2. The lowest BCUT2D eigenvalue weighted by molar-refractivity contribution is -0.138. The molecule has 0 radical (unpaired) electrons. The molecule has 0 saturated carbocycles. The number of carboxylic acids is 1. The monoisotopic (exact) mass is 279 g/mol. The van der Waals surface area contributed by atoms with Crippen molar-refractivity contribution in [2.24, 2.45) is 0 Å². The van der Waals surface area contributed by atoms with Gasteiger partial charge in [-0.2, -0.15) is 0 Å². The van der Waals surface area contributed by atoms with E-state index >= 15 is 0 Å². The Balaban J connectivity index is 1.96. The molecule has 1 aliphatic rings. The molecule has 0 amide bonds. The van der Waals surface area contributed by atoms with Crippen LogP contribution >= 0.6 is 22.7 Å². The summed E-state index contributed by atoms with van der Waals surface area (Å²) < 4.78 is 0. The molecule has 94 valence electrons. The van der Waals surface area contributed by atoms with Crippen LogP contribution in [0.25, 0.3) is 9.88 Å². The maximum absolute atomic E-state index is 11.1. The predicted molar refractivity (Wildman–Crippen MR) is 73.5 cm³/mol. The van der Waals surface area contributed by atoms with Crippen LogP contribution < -0.4 is 0 Å². The molecular formula is C13H13NO2S2. The highest BCUT2D eigenvalue weighted by Crippen LogP contribution is 2.41. The third-order valence-corrected chi connectivity index (χ3v) is 5.77. The Hall–Kier alpha value is -1.20. The molecule has 2 heterocycles. The highest BCUT2D eigenvalue weighted by atomic mass is 32.1. The number of fused-ring (bicyclic) bond motifs is 1. The quantitative estimate of drug-likeness (QED) is 0.934. The Morgan fingerprint density at radius 1 is 1.50 bits per heavy atom. The van der Waals surface area contributed by atoms with E-state index < -0.39 is 11.9 Å². The van der Waals surface area contributed by atoms with Gasteiger partial charge in [-0.05, 0) is 31.4 Å². The highest BCUT2D eigenvalue weighted by molar-refractivity contribution is 7.21. The number of nitrogens with zero attached hydrogens (tertiary/aromatic N) is 1. The van der Waals surface area contributed by atoms with Crippen LogP contribution in [0.3, 0.4) is 0 Å². The zero-order chi connectivity index (χ0) is 12.7. The fourth-order valence-electron chi connectivity index (χ4n) is 2.26. The number of hydrogen-bond acceptors (Lipinski definition) is 4. The Labute approximate surface area is 113 Å². The summed E-state index contributed by atoms with van der Waals surface area (Å²) in [4.78, 5) is 19.3. The third kappa shape index (κ3) is 1.87. The molecule has 3 rings (SSSR count). The summed E-state index contributed by atoms with van der Waals surface area (Å²) in [7, 11) is 0. The largest absolute Gasteiger partial charge is 0.481 e. The molecule has 0 aromatic carbocycles. The van der Waals surface area contributed by atoms with Gasteiger partial charge in [0.25, 0.3) is 0 Å². The number of thiazole rings is 1. The molecule has 0 spiro atoms. The van der Waals surface area contributed by atoms with Crippen molar-refractivity contribution in [1.82, 2.24) is 4.98 Å². The maximum Gasteiger partial charge on any atom is 0.312 e. The van der Waals surface area contributed by atoms with Crippen LogP contribution in [0.4, 0.5) is 0 Å². The fourth-order valence-corrected chi connectivity index (χ4v) is 4.40. The molecule has 0 fully saturated rings. The average Bonchev–Trinajstić information content (AvgIpc) is 3.02. The van der Waals surface area contributed by atoms with Gasteiger partial charge in [-0.3, -0.25) is 4.79 Å². The summed E-state index contributed by atoms with van der Waals surface area (Å²) in [6.45, 7) is 2.14. The second kappa shape index (κ2) is 4.48. The van der Waals surface area contributed by atoms with E-state index in [0.717, 1.165) is 33.3 Å². The van der Waals surface area contributed by atoms with E-state index in [1.165, 1.54) is 4.88 Å². The first kappa shape index (κ1) is 11.9. The lowest BCUT2D eigenvalue weighted by atomic mass is 10.1. The number of thiophene rings is 1. The number of aromatic nitrogens is 1. The van der Waals surface area contributed by atoms with Crippen molar-refractivity contribution in [2.75, 3.05) is 0 Å². The molecule has 1 aliphatic carbocycles. The van der Waals surface area contributed by atoms with E-state index in [1.807, 2.05) is 0 Å². The molecule has 0 aliphatic heterocycles. The number of hydrogen-bond donors (Lipinski definition) is 1. The SMILES string of the molecule is CCc1ccc(-c2nc3c(s2)CCC3C(=O)O)s1. The van der Waals surface area contributed by atoms with Crippen LogP contribution in [0.5, 0.6) is 0 Å². The van der Waals surface area contributed by atoms with E-state index in [2.05, 4.69) is 24.0 Å². The zero-order valence-electron chi connectivity index (χ0n) is 9.97. The van der Waals surface area contributed by atoms with Crippen LogP contribution in [-0.2, 0) is 17.6 Å². The molecule has 0 bridgehead atoms. The van der Waals surface area contributed by atoms with Gasteiger partial charge in [-0.25, -0.2) is 4.98 Å². The van der Waals surface area contributed by atoms with Gasteiger partial charge >= 0.3 is 5.97 Å². The van der Waals surface area contributed by atoms with Gasteiger partial charge < -0.3 is 5.11 Å². The van der Waals surface area contributed by atoms with Gasteiger partial charge in [0.05, 0.1) is 10.6 Å². The first-order valence-corrected chi connectivity index (χ1v) is 7.63. The Kier molecular flexibility index (Phi) is 2.95. The molecule has 2 aromatic heterocycles. The number of carboxylic acid groups (broad SMARTS) is 1. The summed E-state index contributed by atoms with van der Waals surface area (Å²) in [5.41, 5.74) is 0.800. The fraction of sp³-hybridized carbons (Fsp3) is 0.385. The minimum absolute atomic E-state index is 0.393. The number of aliphatic carboxylic acids is 1. The molecule has 1 atom stereocenters. The van der Waals surface area contributed by atoms with Gasteiger partial charge in [0.15, 0.2) is 0 Å². The second-order valence-electron chi connectivity index (χ2n) is 4.38. The molecule has 1 unspecified atom stereocenters. The third-order valence-electron chi connectivity index (χ3n) is 3.24. The summed E-state index contributed by atoms with van der Waals surface area (Å²) in [5.74, 6) is -1.14. The van der Waals surface area contributed by atoms with E-state index in [-0.39, 0.29) is 0 Å². The van der Waals surface area contributed by atoms with Crippen LogP contribution in [0, 0.1) is 0 Å². The van der Waals surface area contributed by atoms with Crippen molar-refractivity contribution >= 4 is 28.6 Å². The van der Waals surface area contributed by atoms with Gasteiger partial charge in [-0.15, -0.1) is 22.7 Å². The Morgan fingerprint density at radius 2 is 2.33 bits per heavy atom. The summed E-state index contributed by atoms with van der Waals surface area (Å²) in [6, 6.07) is 4.22. The molecular weight excluding hydrogens is 266 g/mol. The Bertz CT molecular complexity index is 600. The smallest absolute Gasteiger partial charge is 0.312 e. The van der Waals surface area contributed by atoms with Crippen molar-refractivity contribution < 1.29 is 9.90 Å². The van der Waals surface area contributed by atoms with Crippen molar-refractivity contribution in [1.29, 1.82) is 0 Å². The lowest BCUT2D eigenvalue weighted by Crippen LogP contribution is -2.08. The van der Waals surface area contributed by atoms with Crippen molar-refractivity contribution in [3.63, 3.8) is 0 Å². The highest BCUT2D eigenvalue weighted by Gasteiger charge is 2.32. The van der Waals surface area contributed by atoms with Crippen LogP contribution in [0.1, 0.15) is 34.7 Å². The normalized spacial score (nSPS) is 17.9. The molecule has 3 nitrogen and oxygen atoms in total. The standard InChI is InChI=1S/C13H13NO2S2/c1-2-7-3-5-10(17-7)12-14-11-8(13(15)16)4-6-9(11)18-12/h3,5,8H,2,4,6H2,1H3,(H,15,16). The topological polar surface area (TPSA) is 50.2 Å². The number of rotatable bonds is 3. The van der Waals surface area contributed by atoms with E-state index in [1.54, 1.807) is 22.7 Å². The summed E-state index contributed by atoms with van der Waals surface area (Å²) in [6.07, 6.45) is 2.60. The van der Waals surface area contributed by atoms with E-state index in [4.69, 9.17) is 5.11 Å². The minimum Gasteiger partial charge on any atom is -0.481 e. The molecule has 0 saturated heterocycles. The summed E-state index contributed by atoms with van der Waals surface area (Å²) >= 11 is 3.41. The van der Waals surface area contributed by atoms with Crippen molar-refractivity contribution in [3.05, 3.63) is 27.6 Å². The first-order valence-electron chi connectivity index (χ1n) is 6.00. The van der Waals surface area contributed by atoms with Crippen LogP contribution in [0.15, 0.2) is 12.1 Å². The molecule has 2 aromatic rings. The predicted octanol–water partition coefficient (Wildman–Crippen LogP) is 3.55. The zero-order valence-corrected chi connectivity index (χ0v) is 11.6. The minimum atomic E-state index is -0.744. The molecule has 18 heavy (non-hydrogen) atoms. The van der Waals surface area contributed by atoms with Crippen LogP contribution in [-0.4, -0.2) is 16.1 Å². The average molecular weight is 279 g/mol. The van der Waals surface area contributed by atoms with Gasteiger partial charge in [0.1, 0.15) is 10.9 Å². The number of carbonyl (C=O) groups is 1. The van der Waals surface area contributed by atoms with Gasteiger partial charge in [-0.1, -0.05) is 6.92 Å². The van der Waals surface area contributed by atoms with Crippen molar-refractivity contribution in [2.45, 2.75) is 32.1 Å².